The Labute approximate surface area is 137 Å². The number of aliphatic hydroxyl groups is 1. The Kier molecular flexibility index (Phi) is 6.32. The van der Waals surface area contributed by atoms with E-state index < -0.39 is 6.10 Å². The lowest BCUT2D eigenvalue weighted by Gasteiger charge is -2.22. The number of aliphatic hydroxyl groups excluding tert-OH is 1. The lowest BCUT2D eigenvalue weighted by molar-refractivity contribution is -0.120. The van der Waals surface area contributed by atoms with Gasteiger partial charge in [0, 0.05) is 17.6 Å². The summed E-state index contributed by atoms with van der Waals surface area (Å²) in [5.41, 5.74) is 7.91. The predicted octanol–water partition coefficient (Wildman–Crippen LogP) is 2.58. The third-order valence-corrected chi connectivity index (χ3v) is 3.89. The third-order valence-electron chi connectivity index (χ3n) is 3.89. The second-order valence-electron chi connectivity index (χ2n) is 5.91. The molecule has 4 heteroatoms. The fourth-order valence-corrected chi connectivity index (χ4v) is 2.45. The average Bonchev–Trinajstić information content (AvgIpc) is 2.56. The van der Waals surface area contributed by atoms with Gasteiger partial charge >= 0.3 is 0 Å². The molecule has 0 bridgehead atoms. The molecule has 0 radical (unpaired) electrons. The Hall–Kier alpha value is -2.17. The van der Waals surface area contributed by atoms with Crippen LogP contribution in [0.1, 0.15) is 18.9 Å². The number of carbonyl (C=O) groups excluding carboxylic acids is 1. The van der Waals surface area contributed by atoms with Gasteiger partial charge in [0.25, 0.3) is 0 Å². The van der Waals surface area contributed by atoms with E-state index in [1.165, 1.54) is 0 Å². The maximum absolute atomic E-state index is 12.2. The summed E-state index contributed by atoms with van der Waals surface area (Å²) in [5.74, 6) is -0.422. The topological polar surface area (TPSA) is 75.3 Å². The van der Waals surface area contributed by atoms with Crippen LogP contribution in [0.15, 0.2) is 60.7 Å². The van der Waals surface area contributed by atoms with E-state index in [-0.39, 0.29) is 17.9 Å². The molecule has 0 heterocycles. The van der Waals surface area contributed by atoms with E-state index in [9.17, 15) is 9.90 Å². The van der Waals surface area contributed by atoms with Crippen molar-refractivity contribution in [1.29, 1.82) is 0 Å². The van der Waals surface area contributed by atoms with Crippen molar-refractivity contribution in [2.75, 3.05) is 5.32 Å². The minimum atomic E-state index is -0.716. The zero-order chi connectivity index (χ0) is 16.7. The smallest absolute Gasteiger partial charge is 0.227 e. The Morgan fingerprint density at radius 2 is 1.65 bits per heavy atom. The fraction of sp³-hybridized carbons (Fsp3) is 0.316. The SMILES string of the molecule is C[C@H](C[C@H](O)[C@@H](N)Cc1ccccc1)C(=O)Nc1ccccc1. The summed E-state index contributed by atoms with van der Waals surface area (Å²) >= 11 is 0. The van der Waals surface area contributed by atoms with Gasteiger partial charge in [-0.2, -0.15) is 0 Å². The highest BCUT2D eigenvalue weighted by Gasteiger charge is 2.22. The van der Waals surface area contributed by atoms with Crippen LogP contribution in [0.2, 0.25) is 0 Å². The molecule has 0 aromatic heterocycles. The Morgan fingerprint density at radius 3 is 2.26 bits per heavy atom. The maximum atomic E-state index is 12.2. The van der Waals surface area contributed by atoms with Crippen LogP contribution >= 0.6 is 0 Å². The minimum Gasteiger partial charge on any atom is -0.391 e. The molecule has 4 nitrogen and oxygen atoms in total. The number of carbonyl (C=O) groups is 1. The molecular weight excluding hydrogens is 288 g/mol. The Bertz CT molecular complexity index is 601. The average molecular weight is 312 g/mol. The lowest BCUT2D eigenvalue weighted by Crippen LogP contribution is -2.39. The van der Waals surface area contributed by atoms with Crippen LogP contribution in [0, 0.1) is 5.92 Å². The fourth-order valence-electron chi connectivity index (χ4n) is 2.45. The second-order valence-corrected chi connectivity index (χ2v) is 5.91. The van der Waals surface area contributed by atoms with Crippen molar-refractivity contribution < 1.29 is 9.90 Å². The maximum Gasteiger partial charge on any atom is 0.227 e. The van der Waals surface area contributed by atoms with Crippen molar-refractivity contribution in [3.05, 3.63) is 66.2 Å². The number of anilines is 1. The van der Waals surface area contributed by atoms with Gasteiger partial charge in [0.05, 0.1) is 6.10 Å². The zero-order valence-corrected chi connectivity index (χ0v) is 13.4. The quantitative estimate of drug-likeness (QED) is 0.735. The zero-order valence-electron chi connectivity index (χ0n) is 13.4. The molecule has 0 saturated heterocycles. The van der Waals surface area contributed by atoms with Crippen LogP contribution in [-0.2, 0) is 11.2 Å². The Morgan fingerprint density at radius 1 is 1.09 bits per heavy atom. The van der Waals surface area contributed by atoms with E-state index in [1.54, 1.807) is 6.92 Å². The lowest BCUT2D eigenvalue weighted by atomic mass is 9.94. The molecule has 0 aliphatic carbocycles. The van der Waals surface area contributed by atoms with E-state index >= 15 is 0 Å². The minimum absolute atomic E-state index is 0.109. The molecule has 1 amide bonds. The van der Waals surface area contributed by atoms with Gasteiger partial charge in [-0.3, -0.25) is 4.79 Å². The number of rotatable bonds is 7. The van der Waals surface area contributed by atoms with Crippen molar-refractivity contribution in [3.8, 4) is 0 Å². The molecule has 4 N–H and O–H groups in total. The summed E-state index contributed by atoms with van der Waals surface area (Å²) in [5, 5.41) is 13.1. The van der Waals surface area contributed by atoms with Crippen LogP contribution in [-0.4, -0.2) is 23.2 Å². The first-order valence-corrected chi connectivity index (χ1v) is 7.89. The van der Waals surface area contributed by atoms with E-state index in [0.29, 0.717) is 12.8 Å². The van der Waals surface area contributed by atoms with Gasteiger partial charge in [0.1, 0.15) is 0 Å². The number of hydrogen-bond acceptors (Lipinski definition) is 3. The molecule has 0 unspecified atom stereocenters. The number of nitrogens with two attached hydrogens (primary N) is 1. The summed E-state index contributed by atoms with van der Waals surface area (Å²) in [6, 6.07) is 18.7. The first-order valence-electron chi connectivity index (χ1n) is 7.89. The normalized spacial score (nSPS) is 14.7. The molecule has 122 valence electrons. The number of amides is 1. The first-order chi connectivity index (χ1) is 11.1. The monoisotopic (exact) mass is 312 g/mol. The number of hydrogen-bond donors (Lipinski definition) is 3. The van der Waals surface area contributed by atoms with Gasteiger partial charge in [-0.15, -0.1) is 0 Å². The van der Waals surface area contributed by atoms with E-state index in [0.717, 1.165) is 11.3 Å². The number of benzene rings is 2. The van der Waals surface area contributed by atoms with Crippen molar-refractivity contribution in [1.82, 2.24) is 0 Å². The van der Waals surface area contributed by atoms with Crippen molar-refractivity contribution in [2.24, 2.45) is 11.7 Å². The van der Waals surface area contributed by atoms with E-state index in [1.807, 2.05) is 60.7 Å². The highest BCUT2D eigenvalue weighted by atomic mass is 16.3. The molecule has 3 atom stereocenters. The summed E-state index contributed by atoms with van der Waals surface area (Å²) in [6.07, 6.45) is 0.216. The molecule has 0 fully saturated rings. The first kappa shape index (κ1) is 17.2. The van der Waals surface area contributed by atoms with Crippen molar-refractivity contribution >= 4 is 11.6 Å². The number of para-hydroxylation sites is 1. The molecule has 0 saturated carbocycles. The van der Waals surface area contributed by atoms with Crippen LogP contribution in [0.5, 0.6) is 0 Å². The van der Waals surface area contributed by atoms with Crippen LogP contribution in [0.3, 0.4) is 0 Å². The molecule has 2 aromatic carbocycles. The molecule has 0 aliphatic rings. The molecule has 23 heavy (non-hydrogen) atoms. The standard InChI is InChI=1S/C19H24N2O2/c1-14(19(23)21-16-10-6-3-7-11-16)12-18(22)17(20)13-15-8-4-2-5-9-15/h2-11,14,17-18,22H,12-13,20H2,1H3,(H,21,23)/t14-,17+,18+/m1/s1. The van der Waals surface area contributed by atoms with Crippen molar-refractivity contribution in [2.45, 2.75) is 31.9 Å². The number of nitrogens with one attached hydrogen (secondary N) is 1. The van der Waals surface area contributed by atoms with Gasteiger partial charge < -0.3 is 16.2 Å². The van der Waals surface area contributed by atoms with Crippen LogP contribution < -0.4 is 11.1 Å². The molecular formula is C19H24N2O2. The molecule has 0 spiro atoms. The van der Waals surface area contributed by atoms with Gasteiger partial charge in [-0.1, -0.05) is 55.5 Å². The molecule has 2 rings (SSSR count). The van der Waals surface area contributed by atoms with Gasteiger partial charge in [-0.25, -0.2) is 0 Å². The summed E-state index contributed by atoms with van der Waals surface area (Å²) < 4.78 is 0. The largest absolute Gasteiger partial charge is 0.391 e. The highest BCUT2D eigenvalue weighted by molar-refractivity contribution is 5.92. The van der Waals surface area contributed by atoms with E-state index in [2.05, 4.69) is 5.32 Å². The van der Waals surface area contributed by atoms with Crippen molar-refractivity contribution in [3.63, 3.8) is 0 Å². The van der Waals surface area contributed by atoms with Crippen LogP contribution in [0.4, 0.5) is 5.69 Å². The Balaban J connectivity index is 1.83. The van der Waals surface area contributed by atoms with Gasteiger partial charge in [-0.05, 0) is 30.5 Å². The summed E-state index contributed by atoms with van der Waals surface area (Å²) in [7, 11) is 0. The van der Waals surface area contributed by atoms with Crippen LogP contribution in [0.25, 0.3) is 0 Å². The second kappa shape index (κ2) is 8.46. The van der Waals surface area contributed by atoms with Gasteiger partial charge in [0.15, 0.2) is 0 Å². The van der Waals surface area contributed by atoms with Gasteiger partial charge in [0.2, 0.25) is 5.91 Å². The summed E-state index contributed by atoms with van der Waals surface area (Å²) in [6.45, 7) is 1.80. The highest BCUT2D eigenvalue weighted by Crippen LogP contribution is 2.14. The van der Waals surface area contributed by atoms with E-state index in [4.69, 9.17) is 5.73 Å². The molecule has 0 aliphatic heterocycles. The third kappa shape index (κ3) is 5.51. The summed E-state index contributed by atoms with van der Waals surface area (Å²) in [4.78, 5) is 12.2. The molecule has 2 aromatic rings. The predicted molar refractivity (Wildman–Crippen MR) is 93.0 cm³/mol.